The summed E-state index contributed by atoms with van der Waals surface area (Å²) in [5.74, 6) is 1.73. The summed E-state index contributed by atoms with van der Waals surface area (Å²) in [6.45, 7) is 7.16. The number of hydrogen-bond donors (Lipinski definition) is 0. The first-order valence-corrected chi connectivity index (χ1v) is 10.5. The van der Waals surface area contributed by atoms with Crippen LogP contribution in [0.4, 0.5) is 0 Å². The molecule has 2 aromatic rings. The van der Waals surface area contributed by atoms with Gasteiger partial charge in [-0.25, -0.2) is 0 Å². The summed E-state index contributed by atoms with van der Waals surface area (Å²) in [5, 5.41) is 0.785. The van der Waals surface area contributed by atoms with Gasteiger partial charge in [-0.2, -0.15) is 0 Å². The molecule has 0 aliphatic heterocycles. The Morgan fingerprint density at radius 2 is 1.50 bits per heavy atom. The number of quaternary nitrogens is 1. The van der Waals surface area contributed by atoms with Gasteiger partial charge in [-0.15, -0.1) is 0 Å². The van der Waals surface area contributed by atoms with Gasteiger partial charge in [0.1, 0.15) is 13.1 Å². The van der Waals surface area contributed by atoms with Gasteiger partial charge < -0.3 is 28.5 Å². The average Bonchev–Trinajstić information content (AvgIpc) is 2.62. The van der Waals surface area contributed by atoms with E-state index in [1.807, 2.05) is 12.1 Å². The normalized spacial score (nSPS) is 22.7. The smallest absolute Gasteiger partial charge is 0.104 e. The summed E-state index contributed by atoms with van der Waals surface area (Å²) in [4.78, 5) is 0. The fourth-order valence-corrected chi connectivity index (χ4v) is 5.27. The lowest BCUT2D eigenvalue weighted by Gasteiger charge is -2.57. The topological polar surface area (TPSA) is 0 Å². The van der Waals surface area contributed by atoms with Gasteiger partial charge in [-0.1, -0.05) is 67.9 Å². The lowest BCUT2D eigenvalue weighted by Crippen LogP contribution is -3.00. The second kappa shape index (κ2) is 8.12. The highest BCUT2D eigenvalue weighted by Gasteiger charge is 2.52. The second-order valence-electron chi connectivity index (χ2n) is 9.78. The molecule has 1 saturated carbocycles. The standard InChI is InChI=1S/C25H31ClN.HI/c1-25(2)22-12-9-21(24(25)15-22)17-27(3,4)16-18-5-7-19(8-6-18)20-10-13-23(26)14-11-20;/h5-11,13-14,22,24H,12,15-17H2,1-4H3;1H/q+1;/p-1/t22-,24-;/m0./s1. The maximum Gasteiger partial charge on any atom is 0.104 e. The Morgan fingerprint density at radius 3 is 2.04 bits per heavy atom. The average molecular weight is 508 g/mol. The van der Waals surface area contributed by atoms with E-state index < -0.39 is 0 Å². The predicted molar refractivity (Wildman–Crippen MR) is 116 cm³/mol. The monoisotopic (exact) mass is 507 g/mol. The minimum Gasteiger partial charge on any atom is -1.00 e. The molecule has 0 spiro atoms. The third-order valence-electron chi connectivity index (χ3n) is 6.94. The van der Waals surface area contributed by atoms with Crippen LogP contribution >= 0.6 is 11.6 Å². The van der Waals surface area contributed by atoms with Gasteiger partial charge in [0.2, 0.25) is 0 Å². The second-order valence-corrected chi connectivity index (χ2v) is 10.2. The van der Waals surface area contributed by atoms with E-state index in [4.69, 9.17) is 11.6 Å². The molecule has 0 aromatic heterocycles. The van der Waals surface area contributed by atoms with Crippen molar-refractivity contribution in [3.63, 3.8) is 0 Å². The molecule has 0 N–H and O–H groups in total. The Bertz CT molecular complexity index is 849. The van der Waals surface area contributed by atoms with E-state index in [0.717, 1.165) is 27.9 Å². The Balaban J connectivity index is 0.00000225. The Morgan fingerprint density at radius 1 is 0.929 bits per heavy atom. The number of allylic oxidation sites excluding steroid dienone is 1. The van der Waals surface area contributed by atoms with Gasteiger partial charge in [0.25, 0.3) is 0 Å². The van der Waals surface area contributed by atoms with E-state index >= 15 is 0 Å². The van der Waals surface area contributed by atoms with Crippen molar-refractivity contribution in [3.8, 4) is 11.1 Å². The van der Waals surface area contributed by atoms with Crippen molar-refractivity contribution in [2.24, 2.45) is 17.3 Å². The molecule has 0 heterocycles. The summed E-state index contributed by atoms with van der Waals surface area (Å²) in [7, 11) is 4.73. The minimum atomic E-state index is 0. The van der Waals surface area contributed by atoms with E-state index in [-0.39, 0.29) is 24.0 Å². The van der Waals surface area contributed by atoms with Gasteiger partial charge in [0, 0.05) is 10.6 Å². The molecule has 3 heteroatoms. The molecule has 0 amide bonds. The number of hydrogen-bond acceptors (Lipinski definition) is 0. The molecule has 1 nitrogen and oxygen atoms in total. The van der Waals surface area contributed by atoms with Gasteiger partial charge in [0.05, 0.1) is 14.1 Å². The van der Waals surface area contributed by atoms with Crippen molar-refractivity contribution >= 4 is 11.6 Å². The van der Waals surface area contributed by atoms with E-state index in [9.17, 15) is 0 Å². The summed E-state index contributed by atoms with van der Waals surface area (Å²) in [6, 6.07) is 17.1. The molecule has 28 heavy (non-hydrogen) atoms. The van der Waals surface area contributed by atoms with Crippen LogP contribution in [0.3, 0.4) is 0 Å². The van der Waals surface area contributed by atoms with Crippen molar-refractivity contribution < 1.29 is 28.5 Å². The lowest BCUT2D eigenvalue weighted by molar-refractivity contribution is -0.899. The molecular formula is C25H31ClIN. The number of halogens is 2. The molecule has 0 radical (unpaired) electrons. The first-order valence-electron chi connectivity index (χ1n) is 10.1. The van der Waals surface area contributed by atoms with Crippen LogP contribution in [0, 0.1) is 17.3 Å². The maximum absolute atomic E-state index is 6.00. The molecule has 2 atom stereocenters. The molecule has 5 rings (SSSR count). The van der Waals surface area contributed by atoms with Crippen molar-refractivity contribution in [2.75, 3.05) is 20.6 Å². The first kappa shape index (κ1) is 21.9. The van der Waals surface area contributed by atoms with E-state index in [1.54, 1.807) is 5.57 Å². The Labute approximate surface area is 192 Å². The number of benzene rings is 2. The van der Waals surface area contributed by atoms with Crippen molar-refractivity contribution in [2.45, 2.75) is 33.2 Å². The van der Waals surface area contributed by atoms with Crippen LogP contribution in [-0.2, 0) is 6.54 Å². The molecule has 1 fully saturated rings. The predicted octanol–water partition coefficient (Wildman–Crippen LogP) is 3.58. The number of fused-ring (bicyclic) bond motifs is 1. The molecule has 0 unspecified atom stereocenters. The molecule has 150 valence electrons. The summed E-state index contributed by atoms with van der Waals surface area (Å²) >= 11 is 6.00. The van der Waals surface area contributed by atoms with Gasteiger partial charge in [-0.3, -0.25) is 0 Å². The van der Waals surface area contributed by atoms with Crippen molar-refractivity contribution in [1.82, 2.24) is 0 Å². The first-order chi connectivity index (χ1) is 12.7. The van der Waals surface area contributed by atoms with E-state index in [0.29, 0.717) is 5.41 Å². The maximum atomic E-state index is 6.00. The summed E-state index contributed by atoms with van der Waals surface area (Å²) in [5.41, 5.74) is 6.08. The molecule has 3 aliphatic rings. The van der Waals surface area contributed by atoms with Crippen LogP contribution in [-0.4, -0.2) is 25.1 Å². The molecule has 3 aliphatic carbocycles. The fourth-order valence-electron chi connectivity index (χ4n) is 5.15. The highest BCUT2D eigenvalue weighted by Crippen LogP contribution is 2.59. The van der Waals surface area contributed by atoms with Crippen LogP contribution in [0.15, 0.2) is 60.2 Å². The zero-order valence-corrected chi connectivity index (χ0v) is 20.3. The molecule has 0 saturated heterocycles. The minimum absolute atomic E-state index is 0. The quantitative estimate of drug-likeness (QED) is 0.330. The lowest BCUT2D eigenvalue weighted by atomic mass is 9.49. The SMILES string of the molecule is CC1(C)[C@H]2CC=C(C[N+](C)(C)Cc3ccc(-c4ccc(Cl)cc4)cc3)[C@@H]1C2.[I-]. The zero-order chi connectivity index (χ0) is 19.2. The fraction of sp³-hybridized carbons (Fsp3) is 0.440. The third kappa shape index (κ3) is 4.34. The van der Waals surface area contributed by atoms with Gasteiger partial charge in [-0.05, 0) is 58.9 Å². The summed E-state index contributed by atoms with van der Waals surface area (Å²) < 4.78 is 1.02. The van der Waals surface area contributed by atoms with E-state index in [2.05, 4.69) is 70.4 Å². The van der Waals surface area contributed by atoms with Crippen LogP contribution in [0.5, 0.6) is 0 Å². The number of nitrogens with zero attached hydrogens (tertiary/aromatic N) is 1. The number of likely N-dealkylation sites (N-methyl/N-ethyl adjacent to an activating group) is 1. The van der Waals surface area contributed by atoms with Crippen LogP contribution in [0.1, 0.15) is 32.3 Å². The third-order valence-corrected chi connectivity index (χ3v) is 7.19. The van der Waals surface area contributed by atoms with E-state index in [1.165, 1.54) is 36.1 Å². The molecular weight excluding hydrogens is 477 g/mol. The Hall–Kier alpha value is -0.840. The summed E-state index contributed by atoms with van der Waals surface area (Å²) in [6.07, 6.45) is 5.25. The zero-order valence-electron chi connectivity index (χ0n) is 17.4. The molecule has 2 aromatic carbocycles. The van der Waals surface area contributed by atoms with Crippen LogP contribution in [0.2, 0.25) is 5.02 Å². The van der Waals surface area contributed by atoms with Crippen molar-refractivity contribution in [3.05, 3.63) is 70.8 Å². The highest BCUT2D eigenvalue weighted by molar-refractivity contribution is 6.30. The molecule has 2 bridgehead atoms. The van der Waals surface area contributed by atoms with Crippen LogP contribution in [0.25, 0.3) is 11.1 Å². The highest BCUT2D eigenvalue weighted by atomic mass is 127. The number of rotatable bonds is 5. The largest absolute Gasteiger partial charge is 1.00 e. The van der Waals surface area contributed by atoms with Gasteiger partial charge in [0.15, 0.2) is 0 Å². The Kier molecular flexibility index (Phi) is 6.34. The van der Waals surface area contributed by atoms with Gasteiger partial charge >= 0.3 is 0 Å². The van der Waals surface area contributed by atoms with Crippen molar-refractivity contribution in [1.29, 1.82) is 0 Å². The van der Waals surface area contributed by atoms with Crippen LogP contribution < -0.4 is 24.0 Å².